The third-order valence-electron chi connectivity index (χ3n) is 3.96. The highest BCUT2D eigenvalue weighted by Crippen LogP contribution is 2.22. The molecule has 3 rings (SSSR count). The van der Waals surface area contributed by atoms with E-state index in [0.717, 1.165) is 11.5 Å². The fraction of sp³-hybridized carbons (Fsp3) is 0.438. The van der Waals surface area contributed by atoms with Crippen molar-refractivity contribution in [3.8, 4) is 0 Å². The van der Waals surface area contributed by atoms with Gasteiger partial charge in [0.15, 0.2) is 0 Å². The number of morpholine rings is 1. The Morgan fingerprint density at radius 2 is 1.93 bits per heavy atom. The van der Waals surface area contributed by atoms with Crippen LogP contribution in [-0.2, 0) is 26.1 Å². The molecule has 27 heavy (non-hydrogen) atoms. The van der Waals surface area contributed by atoms with E-state index in [1.165, 1.54) is 28.6 Å². The van der Waals surface area contributed by atoms with Gasteiger partial charge in [0.2, 0.25) is 10.0 Å². The van der Waals surface area contributed by atoms with Crippen LogP contribution in [0.2, 0.25) is 4.34 Å². The van der Waals surface area contributed by atoms with Crippen LogP contribution < -0.4 is 0 Å². The molecule has 2 atom stereocenters. The van der Waals surface area contributed by atoms with Gasteiger partial charge in [-0.2, -0.15) is 4.31 Å². The molecule has 0 bridgehead atoms. The van der Waals surface area contributed by atoms with Crippen LogP contribution in [0.5, 0.6) is 0 Å². The minimum atomic E-state index is -3.66. The van der Waals surface area contributed by atoms with Crippen molar-refractivity contribution in [1.29, 1.82) is 0 Å². The summed E-state index contributed by atoms with van der Waals surface area (Å²) in [5, 5.41) is 3.76. The Kier molecular flexibility index (Phi) is 6.11. The van der Waals surface area contributed by atoms with Gasteiger partial charge in [0.05, 0.1) is 22.7 Å². The molecule has 2 aromatic rings. The highest BCUT2D eigenvalue weighted by molar-refractivity contribution is 7.89. The molecule has 0 spiro atoms. The maximum Gasteiger partial charge on any atom is 0.338 e. The Morgan fingerprint density at radius 3 is 2.48 bits per heavy atom. The van der Waals surface area contributed by atoms with Gasteiger partial charge in [0.1, 0.15) is 16.6 Å². The predicted molar refractivity (Wildman–Crippen MR) is 99.2 cm³/mol. The van der Waals surface area contributed by atoms with Crippen LogP contribution in [0, 0.1) is 0 Å². The van der Waals surface area contributed by atoms with Crippen molar-refractivity contribution in [2.24, 2.45) is 0 Å². The number of rotatable bonds is 5. The van der Waals surface area contributed by atoms with Crippen molar-refractivity contribution in [1.82, 2.24) is 13.9 Å². The van der Waals surface area contributed by atoms with Crippen molar-refractivity contribution in [2.75, 3.05) is 13.1 Å². The van der Waals surface area contributed by atoms with E-state index in [1.807, 2.05) is 13.8 Å². The normalized spacial score (nSPS) is 21.1. The SMILES string of the molecule is CC1CN(S(=O)(=O)c2ccc(C(=O)OCc3nnsc3Cl)cc2)CC(C)O1. The molecule has 1 saturated heterocycles. The molecular formula is C16H18ClN3O5S2. The maximum absolute atomic E-state index is 12.8. The van der Waals surface area contributed by atoms with Gasteiger partial charge >= 0.3 is 5.97 Å². The summed E-state index contributed by atoms with van der Waals surface area (Å²) in [5.74, 6) is -0.600. The van der Waals surface area contributed by atoms with Gasteiger partial charge in [-0.25, -0.2) is 13.2 Å². The van der Waals surface area contributed by atoms with E-state index < -0.39 is 16.0 Å². The van der Waals surface area contributed by atoms with Gasteiger partial charge in [-0.1, -0.05) is 16.1 Å². The fourth-order valence-electron chi connectivity index (χ4n) is 2.74. The van der Waals surface area contributed by atoms with Crippen LogP contribution in [-0.4, -0.2) is 53.6 Å². The second-order valence-electron chi connectivity index (χ2n) is 6.17. The molecule has 1 aromatic carbocycles. The van der Waals surface area contributed by atoms with Crippen LogP contribution in [0.3, 0.4) is 0 Å². The molecule has 8 nitrogen and oxygen atoms in total. The second-order valence-corrected chi connectivity index (χ2v) is 9.47. The lowest BCUT2D eigenvalue weighted by molar-refractivity contribution is -0.0440. The average Bonchev–Trinajstić information content (AvgIpc) is 3.04. The number of hydrogen-bond acceptors (Lipinski definition) is 8. The number of hydrogen-bond donors (Lipinski definition) is 0. The molecule has 1 aliphatic rings. The lowest BCUT2D eigenvalue weighted by atomic mass is 10.2. The number of aromatic nitrogens is 2. The Labute approximate surface area is 166 Å². The van der Waals surface area contributed by atoms with Crippen molar-refractivity contribution in [3.05, 3.63) is 39.9 Å². The van der Waals surface area contributed by atoms with E-state index in [2.05, 4.69) is 9.59 Å². The third-order valence-corrected chi connectivity index (χ3v) is 6.79. The van der Waals surface area contributed by atoms with Gasteiger partial charge in [-0.15, -0.1) is 5.10 Å². The van der Waals surface area contributed by atoms with Crippen molar-refractivity contribution >= 4 is 39.1 Å². The molecule has 146 valence electrons. The van der Waals surface area contributed by atoms with E-state index >= 15 is 0 Å². The van der Waals surface area contributed by atoms with E-state index in [1.54, 1.807) is 0 Å². The first kappa shape index (κ1) is 20.2. The molecule has 2 heterocycles. The molecular weight excluding hydrogens is 414 g/mol. The Bertz CT molecular complexity index is 906. The molecule has 0 amide bonds. The van der Waals surface area contributed by atoms with Crippen LogP contribution in [0.1, 0.15) is 29.9 Å². The van der Waals surface area contributed by atoms with E-state index in [0.29, 0.717) is 23.1 Å². The Hall–Kier alpha value is -1.59. The summed E-state index contributed by atoms with van der Waals surface area (Å²) in [5.41, 5.74) is 0.613. The monoisotopic (exact) mass is 431 g/mol. The first-order chi connectivity index (χ1) is 12.8. The fourth-order valence-corrected chi connectivity index (χ4v) is 4.93. The molecule has 11 heteroatoms. The zero-order chi connectivity index (χ0) is 19.6. The Morgan fingerprint density at radius 1 is 1.30 bits per heavy atom. The van der Waals surface area contributed by atoms with Gasteiger partial charge in [0, 0.05) is 24.6 Å². The minimum absolute atomic E-state index is 0.0994. The highest BCUT2D eigenvalue weighted by atomic mass is 35.5. The molecule has 0 N–H and O–H groups in total. The topological polar surface area (TPSA) is 98.7 Å². The van der Waals surface area contributed by atoms with Crippen LogP contribution in [0.25, 0.3) is 0 Å². The quantitative estimate of drug-likeness (QED) is 0.670. The standard InChI is InChI=1S/C16H18ClN3O5S2/c1-10-7-20(8-11(2)25-10)27(22,23)13-5-3-12(4-6-13)16(21)24-9-14-15(17)26-19-18-14/h3-6,10-11H,7-9H2,1-2H3. The first-order valence-corrected chi connectivity index (χ1v) is 10.8. The van der Waals surface area contributed by atoms with Gasteiger partial charge in [-0.3, -0.25) is 0 Å². The number of nitrogens with zero attached hydrogens (tertiary/aromatic N) is 3. The van der Waals surface area contributed by atoms with Gasteiger partial charge in [-0.05, 0) is 38.1 Å². The minimum Gasteiger partial charge on any atom is -0.455 e. The van der Waals surface area contributed by atoms with Gasteiger partial charge < -0.3 is 9.47 Å². The first-order valence-electron chi connectivity index (χ1n) is 8.17. The van der Waals surface area contributed by atoms with E-state index in [4.69, 9.17) is 21.1 Å². The molecule has 1 fully saturated rings. The van der Waals surface area contributed by atoms with E-state index in [9.17, 15) is 13.2 Å². The maximum atomic E-state index is 12.8. The smallest absolute Gasteiger partial charge is 0.338 e. The van der Waals surface area contributed by atoms with Crippen LogP contribution in [0.15, 0.2) is 29.2 Å². The molecule has 1 aromatic heterocycles. The summed E-state index contributed by atoms with van der Waals surface area (Å²) < 4.78 is 41.7. The molecule has 2 unspecified atom stereocenters. The zero-order valence-electron chi connectivity index (χ0n) is 14.7. The summed E-state index contributed by atoms with van der Waals surface area (Å²) in [6, 6.07) is 5.63. The highest BCUT2D eigenvalue weighted by Gasteiger charge is 2.32. The Balaban J connectivity index is 1.69. The number of ether oxygens (including phenoxy) is 2. The lowest BCUT2D eigenvalue weighted by Crippen LogP contribution is -2.48. The van der Waals surface area contributed by atoms with E-state index in [-0.39, 0.29) is 29.3 Å². The summed E-state index contributed by atoms with van der Waals surface area (Å²) in [6.45, 7) is 4.15. The number of halogens is 1. The van der Waals surface area contributed by atoms with Crippen molar-refractivity contribution < 1.29 is 22.7 Å². The number of carbonyl (C=O) groups excluding carboxylic acids is 1. The number of sulfonamides is 1. The summed E-state index contributed by atoms with van der Waals surface area (Å²) in [4.78, 5) is 12.2. The number of esters is 1. The molecule has 0 radical (unpaired) electrons. The average molecular weight is 432 g/mol. The predicted octanol–water partition coefficient (Wildman–Crippen LogP) is 2.35. The molecule has 1 aliphatic heterocycles. The number of benzene rings is 1. The second kappa shape index (κ2) is 8.19. The largest absolute Gasteiger partial charge is 0.455 e. The van der Waals surface area contributed by atoms with Crippen LogP contribution >= 0.6 is 23.1 Å². The molecule has 0 aliphatic carbocycles. The molecule has 0 saturated carbocycles. The summed E-state index contributed by atoms with van der Waals surface area (Å²) >= 11 is 6.86. The third kappa shape index (κ3) is 4.64. The van der Waals surface area contributed by atoms with Crippen LogP contribution in [0.4, 0.5) is 0 Å². The lowest BCUT2D eigenvalue weighted by Gasteiger charge is -2.34. The number of carbonyl (C=O) groups is 1. The van der Waals surface area contributed by atoms with Crippen molar-refractivity contribution in [2.45, 2.75) is 37.6 Å². The summed E-state index contributed by atoms with van der Waals surface area (Å²) in [6.07, 6.45) is -0.352. The summed E-state index contributed by atoms with van der Waals surface area (Å²) in [7, 11) is -3.66. The van der Waals surface area contributed by atoms with Gasteiger partial charge in [0.25, 0.3) is 0 Å². The zero-order valence-corrected chi connectivity index (χ0v) is 17.1. The van der Waals surface area contributed by atoms with Crippen molar-refractivity contribution in [3.63, 3.8) is 0 Å².